The van der Waals surface area contributed by atoms with E-state index in [1.807, 2.05) is 73.0 Å². The molecule has 0 saturated carbocycles. The Morgan fingerprint density at radius 2 is 1.82 bits per heavy atom. The maximum atomic E-state index is 12.6. The molecule has 0 saturated heterocycles. The van der Waals surface area contributed by atoms with E-state index in [1.54, 1.807) is 17.4 Å². The molecule has 1 amide bonds. The van der Waals surface area contributed by atoms with Gasteiger partial charge < -0.3 is 9.47 Å². The van der Waals surface area contributed by atoms with Crippen molar-refractivity contribution in [3.05, 3.63) is 87.6 Å². The molecule has 0 aliphatic carbocycles. The monoisotopic (exact) mass is 488 g/mol. The van der Waals surface area contributed by atoms with Gasteiger partial charge in [0, 0.05) is 0 Å². The first-order chi connectivity index (χ1) is 16.6. The van der Waals surface area contributed by atoms with Crippen molar-refractivity contribution < 1.29 is 14.3 Å². The second-order valence-corrected chi connectivity index (χ2v) is 9.39. The van der Waals surface area contributed by atoms with Crippen LogP contribution >= 0.6 is 23.1 Å². The molecule has 2 aliphatic rings. The van der Waals surface area contributed by atoms with Crippen LogP contribution in [-0.2, 0) is 4.79 Å². The highest BCUT2D eigenvalue weighted by atomic mass is 32.2. The predicted octanol–water partition coefficient (Wildman–Crippen LogP) is 5.18. The van der Waals surface area contributed by atoms with Gasteiger partial charge in [0.15, 0.2) is 5.84 Å². The number of aliphatic imine (C=N–C) groups is 1. The third-order valence-electron chi connectivity index (χ3n) is 4.99. The number of thioether (sulfide) groups is 1. The molecule has 5 rings (SSSR count). The number of fused-ring (bicyclic) bond motifs is 1. The molecular weight excluding hydrogens is 468 g/mol. The number of hydrogen-bond acceptors (Lipinski definition) is 7. The van der Waals surface area contributed by atoms with E-state index in [1.165, 1.54) is 16.8 Å². The topological polar surface area (TPSA) is 87.3 Å². The van der Waals surface area contributed by atoms with Crippen molar-refractivity contribution in [1.82, 2.24) is 5.01 Å². The maximum absolute atomic E-state index is 12.6. The minimum atomic E-state index is -0.444. The first-order valence-corrected chi connectivity index (χ1v) is 12.2. The van der Waals surface area contributed by atoms with Crippen molar-refractivity contribution in [2.24, 2.45) is 10.1 Å². The Kier molecular flexibility index (Phi) is 6.29. The van der Waals surface area contributed by atoms with Crippen molar-refractivity contribution in [2.75, 3.05) is 13.2 Å². The fraction of sp³-hybridized carbons (Fsp3) is 0.120. The third-order valence-corrected chi connectivity index (χ3v) is 6.94. The number of hydrazone groups is 1. The van der Waals surface area contributed by atoms with Gasteiger partial charge in [0.1, 0.15) is 29.8 Å². The van der Waals surface area contributed by atoms with E-state index in [-0.39, 0.29) is 11.4 Å². The quantitative estimate of drug-likeness (QED) is 0.366. The number of amides is 1. The summed E-state index contributed by atoms with van der Waals surface area (Å²) in [7, 11) is 0. The Bertz CT molecular complexity index is 1330. The van der Waals surface area contributed by atoms with E-state index < -0.39 is 5.91 Å². The van der Waals surface area contributed by atoms with Gasteiger partial charge in [-0.2, -0.15) is 15.1 Å². The van der Waals surface area contributed by atoms with Crippen LogP contribution in [0.2, 0.25) is 0 Å². The summed E-state index contributed by atoms with van der Waals surface area (Å²) in [6.07, 6.45) is 1.65. The fourth-order valence-corrected chi connectivity index (χ4v) is 5.03. The number of aryl methyl sites for hydroxylation is 1. The van der Waals surface area contributed by atoms with Crippen LogP contribution in [0, 0.1) is 12.3 Å². The van der Waals surface area contributed by atoms with Gasteiger partial charge in [0.25, 0.3) is 5.91 Å². The first kappa shape index (κ1) is 22.1. The van der Waals surface area contributed by atoms with Crippen molar-refractivity contribution in [1.29, 1.82) is 5.41 Å². The molecule has 0 atom stereocenters. The van der Waals surface area contributed by atoms with Crippen LogP contribution in [0.4, 0.5) is 0 Å². The van der Waals surface area contributed by atoms with Crippen molar-refractivity contribution in [3.8, 4) is 11.5 Å². The zero-order chi connectivity index (χ0) is 23.5. The lowest BCUT2D eigenvalue weighted by atomic mass is 10.1. The van der Waals surface area contributed by atoms with Crippen molar-refractivity contribution >= 4 is 51.1 Å². The average molecular weight is 489 g/mol. The molecule has 0 spiro atoms. The lowest BCUT2D eigenvalue weighted by Gasteiger charge is -2.20. The summed E-state index contributed by atoms with van der Waals surface area (Å²) in [6, 6.07) is 19.1. The van der Waals surface area contributed by atoms with Gasteiger partial charge in [-0.15, -0.1) is 11.3 Å². The van der Waals surface area contributed by atoms with Crippen molar-refractivity contribution in [3.63, 3.8) is 0 Å². The first-order valence-electron chi connectivity index (χ1n) is 10.5. The van der Waals surface area contributed by atoms with Gasteiger partial charge in [0.05, 0.1) is 10.5 Å². The number of carbonyl (C=O) groups excluding carboxylic acids is 1. The van der Waals surface area contributed by atoms with E-state index in [2.05, 4.69) is 10.1 Å². The molecule has 1 aromatic heterocycles. The van der Waals surface area contributed by atoms with Crippen LogP contribution in [-0.4, -0.2) is 40.2 Å². The summed E-state index contributed by atoms with van der Waals surface area (Å²) < 4.78 is 11.4. The summed E-state index contributed by atoms with van der Waals surface area (Å²) in [5, 5.41) is 17.5. The van der Waals surface area contributed by atoms with Gasteiger partial charge >= 0.3 is 0 Å². The highest BCUT2D eigenvalue weighted by Crippen LogP contribution is 2.32. The molecule has 7 nitrogen and oxygen atoms in total. The van der Waals surface area contributed by atoms with E-state index >= 15 is 0 Å². The molecule has 3 aromatic rings. The number of nitrogens with zero attached hydrogens (tertiary/aromatic N) is 3. The van der Waals surface area contributed by atoms with Crippen LogP contribution < -0.4 is 9.47 Å². The zero-order valence-electron chi connectivity index (χ0n) is 18.2. The maximum Gasteiger partial charge on any atom is 0.283 e. The highest BCUT2D eigenvalue weighted by molar-refractivity contribution is 8.27. The molecule has 1 N–H and O–H groups in total. The minimum absolute atomic E-state index is 0.0164. The number of hydrogen-bond donors (Lipinski definition) is 1. The van der Waals surface area contributed by atoms with Gasteiger partial charge in [-0.25, -0.2) is 0 Å². The van der Waals surface area contributed by atoms with Gasteiger partial charge in [-0.05, 0) is 71.6 Å². The predicted molar refractivity (Wildman–Crippen MR) is 137 cm³/mol. The van der Waals surface area contributed by atoms with Gasteiger partial charge in [0.2, 0.25) is 5.17 Å². The highest BCUT2D eigenvalue weighted by Gasteiger charge is 2.36. The number of carbonyl (C=O) groups is 1. The number of amidine groups is 2. The third kappa shape index (κ3) is 4.80. The summed E-state index contributed by atoms with van der Waals surface area (Å²) in [5.41, 5.74) is 2.11. The Labute approximate surface area is 204 Å². The lowest BCUT2D eigenvalue weighted by molar-refractivity contribution is -0.114. The normalized spacial score (nSPS) is 16.4. The summed E-state index contributed by atoms with van der Waals surface area (Å²) in [6.45, 7) is 2.86. The molecule has 9 heteroatoms. The Balaban J connectivity index is 1.21. The number of thiophene rings is 1. The number of ether oxygens (including phenoxy) is 2. The minimum Gasteiger partial charge on any atom is -0.490 e. The molecule has 34 heavy (non-hydrogen) atoms. The zero-order valence-corrected chi connectivity index (χ0v) is 19.9. The van der Waals surface area contributed by atoms with Crippen LogP contribution in [0.25, 0.3) is 6.08 Å². The summed E-state index contributed by atoms with van der Waals surface area (Å²) >= 11 is 2.85. The Morgan fingerprint density at radius 1 is 1.03 bits per heavy atom. The smallest absolute Gasteiger partial charge is 0.283 e. The second kappa shape index (κ2) is 9.66. The van der Waals surface area contributed by atoms with Gasteiger partial charge in [-0.3, -0.25) is 10.2 Å². The molecular formula is C25H20N4O3S2. The van der Waals surface area contributed by atoms with E-state index in [0.29, 0.717) is 24.1 Å². The molecule has 0 fully saturated rings. The fourth-order valence-electron chi connectivity index (χ4n) is 3.34. The largest absolute Gasteiger partial charge is 0.490 e. The molecule has 170 valence electrons. The van der Waals surface area contributed by atoms with E-state index in [0.717, 1.165) is 26.8 Å². The van der Waals surface area contributed by atoms with Gasteiger partial charge in [-0.1, -0.05) is 30.3 Å². The standard InChI is InChI=1S/C25H20N4O3S2/c1-16-4-2-5-19(14-16)32-12-11-31-18-9-7-17(8-10-18)15-20-22(26)29-25(27-23(20)30)34-24(28-29)21-6-3-13-33-21/h2-10,13-15,26H,11-12H2,1H3/b20-15-,26-22?. The number of benzene rings is 2. The van der Waals surface area contributed by atoms with Crippen LogP contribution in [0.3, 0.4) is 0 Å². The van der Waals surface area contributed by atoms with Crippen LogP contribution in [0.5, 0.6) is 11.5 Å². The van der Waals surface area contributed by atoms with Crippen molar-refractivity contribution in [2.45, 2.75) is 6.92 Å². The number of nitrogens with one attached hydrogen (secondary N) is 1. The molecule has 0 radical (unpaired) electrons. The molecule has 0 unspecified atom stereocenters. The SMILES string of the molecule is Cc1cccc(OCCOc2ccc(/C=C3/C(=N)N4N=C(c5cccs5)SC4=NC3=O)cc2)c1. The Hall–Kier alpha value is -3.69. The second-order valence-electron chi connectivity index (χ2n) is 7.48. The Morgan fingerprint density at radius 3 is 2.56 bits per heavy atom. The van der Waals surface area contributed by atoms with E-state index in [4.69, 9.17) is 14.9 Å². The summed E-state index contributed by atoms with van der Waals surface area (Å²) in [4.78, 5) is 17.7. The number of rotatable bonds is 7. The summed E-state index contributed by atoms with van der Waals surface area (Å²) in [5.74, 6) is 1.09. The molecule has 3 heterocycles. The molecule has 2 aromatic carbocycles. The van der Waals surface area contributed by atoms with Crippen LogP contribution in [0.1, 0.15) is 16.0 Å². The lowest BCUT2D eigenvalue weighted by Crippen LogP contribution is -2.35. The molecule has 2 aliphatic heterocycles. The van der Waals surface area contributed by atoms with Crippen LogP contribution in [0.15, 0.2) is 81.7 Å². The average Bonchev–Trinajstić information content (AvgIpc) is 3.51. The van der Waals surface area contributed by atoms with E-state index in [9.17, 15) is 4.79 Å². The molecule has 0 bridgehead atoms.